The van der Waals surface area contributed by atoms with Gasteiger partial charge in [-0.15, -0.1) is 0 Å². The van der Waals surface area contributed by atoms with Crippen molar-refractivity contribution in [1.29, 1.82) is 0 Å². The van der Waals surface area contributed by atoms with E-state index in [1.54, 1.807) is 22.5 Å². The lowest BCUT2D eigenvalue weighted by Gasteiger charge is -2.36. The van der Waals surface area contributed by atoms with E-state index in [9.17, 15) is 9.59 Å². The smallest absolute Gasteiger partial charge is 0.268 e. The summed E-state index contributed by atoms with van der Waals surface area (Å²) in [5.74, 6) is 2.61. The zero-order chi connectivity index (χ0) is 22.8. The van der Waals surface area contributed by atoms with Crippen molar-refractivity contribution in [1.82, 2.24) is 19.6 Å². The highest BCUT2D eigenvalue weighted by Gasteiger charge is 2.72. The molecule has 7 nitrogen and oxygen atoms in total. The number of hydrogen-bond acceptors (Lipinski definition) is 4. The Bertz CT molecular complexity index is 1110. The molecule has 176 valence electrons. The van der Waals surface area contributed by atoms with Crippen LogP contribution in [0.25, 0.3) is 5.65 Å². The van der Waals surface area contributed by atoms with E-state index in [4.69, 9.17) is 5.11 Å². The van der Waals surface area contributed by atoms with Gasteiger partial charge in [-0.1, -0.05) is 6.07 Å². The van der Waals surface area contributed by atoms with Crippen molar-refractivity contribution < 1.29 is 14.7 Å². The normalized spacial score (nSPS) is 33.2. The third-order valence-electron chi connectivity index (χ3n) is 9.40. The Morgan fingerprint density at radius 2 is 2.15 bits per heavy atom. The molecule has 1 spiro atoms. The number of aliphatic hydroxyl groups excluding tert-OH is 1. The van der Waals surface area contributed by atoms with E-state index in [2.05, 4.69) is 10.3 Å². The summed E-state index contributed by atoms with van der Waals surface area (Å²) in [6.07, 6.45) is 10.7. The molecule has 2 aromatic heterocycles. The second-order valence-corrected chi connectivity index (χ2v) is 11.3. The van der Waals surface area contributed by atoms with Gasteiger partial charge in [0.25, 0.3) is 5.91 Å². The Morgan fingerprint density at radius 3 is 3.00 bits per heavy atom. The molecule has 5 atom stereocenters. The molecule has 0 aromatic carbocycles. The number of carbonyl (C=O) groups is 2. The van der Waals surface area contributed by atoms with Crippen LogP contribution in [0.1, 0.15) is 61.1 Å². The van der Waals surface area contributed by atoms with Crippen molar-refractivity contribution >= 4 is 17.5 Å². The van der Waals surface area contributed by atoms with Crippen LogP contribution in [-0.4, -0.2) is 57.9 Å². The van der Waals surface area contributed by atoms with Gasteiger partial charge in [0.1, 0.15) is 11.3 Å². The van der Waals surface area contributed by atoms with Crippen LogP contribution in [0.4, 0.5) is 0 Å². The fourth-order valence-corrected chi connectivity index (χ4v) is 7.78. The number of fused-ring (bicyclic) bond motifs is 2. The van der Waals surface area contributed by atoms with Gasteiger partial charge < -0.3 is 15.3 Å². The lowest BCUT2D eigenvalue weighted by molar-refractivity contribution is -0.129. The molecule has 2 bridgehead atoms. The van der Waals surface area contributed by atoms with Crippen molar-refractivity contribution in [2.24, 2.45) is 28.6 Å². The van der Waals surface area contributed by atoms with E-state index >= 15 is 0 Å². The van der Waals surface area contributed by atoms with Gasteiger partial charge in [-0.05, 0) is 85.7 Å². The Labute approximate surface area is 194 Å². The number of likely N-dealkylation sites (N-methyl/N-ethyl adjacent to an activating group) is 1. The molecule has 4 aliphatic rings. The first-order valence-corrected chi connectivity index (χ1v) is 12.5. The van der Waals surface area contributed by atoms with Crippen LogP contribution in [-0.2, 0) is 11.2 Å². The van der Waals surface area contributed by atoms with Crippen molar-refractivity contribution in [2.75, 3.05) is 26.7 Å². The zero-order valence-electron chi connectivity index (χ0n) is 19.4. The fraction of sp³-hybridized carbons (Fsp3) is 0.654. The predicted molar refractivity (Wildman–Crippen MR) is 124 cm³/mol. The monoisotopic (exact) mass is 450 g/mol. The van der Waals surface area contributed by atoms with E-state index in [-0.39, 0.29) is 24.8 Å². The third-order valence-corrected chi connectivity index (χ3v) is 9.40. The highest BCUT2D eigenvalue weighted by atomic mass is 16.3. The average molecular weight is 451 g/mol. The number of aromatic nitrogens is 2. The molecule has 0 saturated heterocycles. The second-order valence-electron chi connectivity index (χ2n) is 11.3. The summed E-state index contributed by atoms with van der Waals surface area (Å²) in [6, 6.07) is 5.55. The Morgan fingerprint density at radius 1 is 1.27 bits per heavy atom. The van der Waals surface area contributed by atoms with Gasteiger partial charge in [0.05, 0.1) is 12.1 Å². The maximum atomic E-state index is 13.2. The minimum absolute atomic E-state index is 0.0443. The van der Waals surface area contributed by atoms with Crippen LogP contribution in [0, 0.1) is 28.6 Å². The van der Waals surface area contributed by atoms with Crippen LogP contribution in [0.2, 0.25) is 0 Å². The van der Waals surface area contributed by atoms with Gasteiger partial charge in [-0.25, -0.2) is 4.98 Å². The summed E-state index contributed by atoms with van der Waals surface area (Å²) in [5, 5.41) is 12.3. The second kappa shape index (κ2) is 7.55. The van der Waals surface area contributed by atoms with Crippen molar-refractivity contribution in [3.8, 4) is 0 Å². The molecule has 4 aliphatic carbocycles. The number of rotatable bonds is 8. The van der Waals surface area contributed by atoms with Gasteiger partial charge in [0, 0.05) is 32.9 Å². The topological polar surface area (TPSA) is 86.9 Å². The van der Waals surface area contributed by atoms with Crippen molar-refractivity contribution in [3.05, 3.63) is 35.8 Å². The number of amides is 2. The average Bonchev–Trinajstić information content (AvgIpc) is 3.07. The molecule has 2 heterocycles. The molecule has 33 heavy (non-hydrogen) atoms. The summed E-state index contributed by atoms with van der Waals surface area (Å²) >= 11 is 0. The first kappa shape index (κ1) is 21.1. The molecule has 2 amide bonds. The summed E-state index contributed by atoms with van der Waals surface area (Å²) in [4.78, 5) is 31.9. The molecule has 2 N–H and O–H groups in total. The molecule has 0 radical (unpaired) electrons. The minimum atomic E-state index is -0.0602. The summed E-state index contributed by atoms with van der Waals surface area (Å²) < 4.78 is 1.81. The molecule has 5 unspecified atom stereocenters. The lowest BCUT2D eigenvalue weighted by atomic mass is 9.71. The number of nitrogens with one attached hydrogen (secondary N) is 1. The van der Waals surface area contributed by atoms with E-state index in [1.807, 2.05) is 18.2 Å². The molecular formula is C26H34N4O3. The first-order chi connectivity index (χ1) is 15.9. The highest BCUT2D eigenvalue weighted by molar-refractivity contribution is 5.93. The molecule has 2 aromatic rings. The van der Waals surface area contributed by atoms with Crippen molar-refractivity contribution in [3.63, 3.8) is 0 Å². The van der Waals surface area contributed by atoms with Gasteiger partial charge in [-0.2, -0.15) is 0 Å². The lowest BCUT2D eigenvalue weighted by Crippen LogP contribution is -2.39. The van der Waals surface area contributed by atoms with E-state index in [0.29, 0.717) is 40.8 Å². The van der Waals surface area contributed by atoms with E-state index in [0.717, 1.165) is 24.3 Å². The van der Waals surface area contributed by atoms with E-state index < -0.39 is 0 Å². The quantitative estimate of drug-likeness (QED) is 0.647. The first-order valence-electron chi connectivity index (χ1n) is 12.5. The SMILES string of the molecule is CN(CCCO)C(=O)Cc1cn2c(C(=O)NCC34CC5CCC6(CC6C3)C5C4)cccc2n1. The van der Waals surface area contributed by atoms with Gasteiger partial charge in [0.2, 0.25) is 5.91 Å². The largest absolute Gasteiger partial charge is 0.396 e. The zero-order valence-corrected chi connectivity index (χ0v) is 19.4. The van der Waals surface area contributed by atoms with Crippen molar-refractivity contribution in [2.45, 2.75) is 51.4 Å². The number of pyridine rings is 1. The van der Waals surface area contributed by atoms with E-state index in [1.165, 1.54) is 38.5 Å². The number of nitrogens with zero attached hydrogens (tertiary/aromatic N) is 3. The fourth-order valence-electron chi connectivity index (χ4n) is 7.78. The number of aliphatic hydroxyl groups is 1. The third kappa shape index (κ3) is 3.38. The number of imidazole rings is 1. The van der Waals surface area contributed by atoms with Gasteiger partial charge >= 0.3 is 0 Å². The molecular weight excluding hydrogens is 416 g/mol. The predicted octanol–water partition coefficient (Wildman–Crippen LogP) is 2.66. The molecule has 0 aliphatic heterocycles. The van der Waals surface area contributed by atoms with Gasteiger partial charge in [0.15, 0.2) is 0 Å². The Hall–Kier alpha value is -2.41. The molecule has 7 heteroatoms. The number of hydrogen-bond donors (Lipinski definition) is 2. The molecule has 4 saturated carbocycles. The minimum Gasteiger partial charge on any atom is -0.396 e. The van der Waals surface area contributed by atoms with Crippen LogP contribution < -0.4 is 5.32 Å². The summed E-state index contributed by atoms with van der Waals surface area (Å²) in [5.41, 5.74) is 2.90. The van der Waals surface area contributed by atoms with Gasteiger partial charge in [-0.3, -0.25) is 14.0 Å². The van der Waals surface area contributed by atoms with Crippen LogP contribution in [0.3, 0.4) is 0 Å². The number of carbonyl (C=O) groups excluding carboxylic acids is 2. The van der Waals surface area contributed by atoms with Crippen LogP contribution >= 0.6 is 0 Å². The standard InChI is InChI=1S/C26H34N4O3/c1-29(8-3-9-31)23(32)10-19-15-30-21(4-2-5-22(30)28-19)24(33)27-16-25-11-17-6-7-26(20(17)14-25)13-18(26)12-25/h2,4-5,15,17-18,20,31H,3,6-14,16H2,1H3,(H,27,33). The molecule has 4 fully saturated rings. The molecule has 6 rings (SSSR count). The maximum Gasteiger partial charge on any atom is 0.268 e. The van der Waals surface area contributed by atoms with Crippen LogP contribution in [0.5, 0.6) is 0 Å². The Kier molecular flexibility index (Phi) is 4.84. The summed E-state index contributed by atoms with van der Waals surface area (Å²) in [7, 11) is 1.74. The maximum absolute atomic E-state index is 13.2. The highest BCUT2D eigenvalue weighted by Crippen LogP contribution is 2.79. The summed E-state index contributed by atoms with van der Waals surface area (Å²) in [6.45, 7) is 1.36. The Balaban J connectivity index is 1.14. The van der Waals surface area contributed by atoms with Crippen LogP contribution in [0.15, 0.2) is 24.4 Å².